The summed E-state index contributed by atoms with van der Waals surface area (Å²) in [5, 5.41) is 3.96. The highest BCUT2D eigenvalue weighted by Crippen LogP contribution is 2.25. The van der Waals surface area contributed by atoms with E-state index in [0.29, 0.717) is 26.3 Å². The molecule has 2 aromatic rings. The summed E-state index contributed by atoms with van der Waals surface area (Å²) in [6, 6.07) is 9.85. The van der Waals surface area contributed by atoms with Crippen molar-refractivity contribution in [2.45, 2.75) is 0 Å². The fraction of sp³-hybridized carbons (Fsp3) is 0. The molecule has 2 aromatic carbocycles. The Labute approximate surface area is 133 Å². The smallest absolute Gasteiger partial charge is 0.257 e. The van der Waals surface area contributed by atoms with Crippen LogP contribution >= 0.6 is 50.7 Å². The second-order valence-corrected chi connectivity index (χ2v) is 5.93. The van der Waals surface area contributed by atoms with Gasteiger partial charge in [-0.3, -0.25) is 4.79 Å². The Balaban J connectivity index is 2.28. The number of benzene rings is 2. The first-order valence-electron chi connectivity index (χ1n) is 5.18. The molecule has 0 aliphatic rings. The average molecular weight is 379 g/mol. The van der Waals surface area contributed by atoms with Crippen LogP contribution in [-0.4, -0.2) is 5.91 Å². The highest BCUT2D eigenvalue weighted by Gasteiger charge is 2.11. The lowest BCUT2D eigenvalue weighted by Gasteiger charge is -2.08. The molecule has 0 bridgehead atoms. The fourth-order valence-electron chi connectivity index (χ4n) is 1.50. The first-order chi connectivity index (χ1) is 8.95. The second-order valence-electron chi connectivity index (χ2n) is 3.74. The van der Waals surface area contributed by atoms with Crippen molar-refractivity contribution in [3.63, 3.8) is 0 Å². The van der Waals surface area contributed by atoms with Gasteiger partial charge in [-0.2, -0.15) is 0 Å². The highest BCUT2D eigenvalue weighted by molar-refractivity contribution is 9.10. The molecular formula is C13H7BrCl3NO. The molecule has 0 aromatic heterocycles. The minimum Gasteiger partial charge on any atom is -0.322 e. The summed E-state index contributed by atoms with van der Waals surface area (Å²) in [7, 11) is 0. The predicted octanol–water partition coefficient (Wildman–Crippen LogP) is 5.66. The van der Waals surface area contributed by atoms with Gasteiger partial charge in [0.1, 0.15) is 0 Å². The summed E-state index contributed by atoms with van der Waals surface area (Å²) < 4.78 is 0.770. The second kappa shape index (κ2) is 6.14. The van der Waals surface area contributed by atoms with Crippen molar-refractivity contribution in [2.24, 2.45) is 0 Å². The quantitative estimate of drug-likeness (QED) is 0.716. The number of amides is 1. The Hall–Kier alpha value is -0.740. The third-order valence-electron chi connectivity index (χ3n) is 2.29. The normalized spacial score (nSPS) is 10.3. The molecule has 0 atom stereocenters. The molecule has 0 unspecified atom stereocenters. The molecule has 1 N–H and O–H groups in total. The highest BCUT2D eigenvalue weighted by atomic mass is 79.9. The van der Waals surface area contributed by atoms with Crippen LogP contribution in [0.15, 0.2) is 40.9 Å². The van der Waals surface area contributed by atoms with Crippen LogP contribution in [0, 0.1) is 0 Å². The molecule has 2 nitrogen and oxygen atoms in total. The van der Waals surface area contributed by atoms with Crippen molar-refractivity contribution in [1.82, 2.24) is 0 Å². The molecule has 0 aliphatic heterocycles. The van der Waals surface area contributed by atoms with E-state index in [9.17, 15) is 4.79 Å². The Morgan fingerprint density at radius 2 is 1.63 bits per heavy atom. The summed E-state index contributed by atoms with van der Waals surface area (Å²) in [6.45, 7) is 0. The van der Waals surface area contributed by atoms with E-state index in [1.165, 1.54) is 0 Å². The number of carbonyl (C=O) groups is 1. The van der Waals surface area contributed by atoms with Crippen molar-refractivity contribution >= 4 is 62.3 Å². The zero-order chi connectivity index (χ0) is 14.0. The third kappa shape index (κ3) is 3.86. The van der Waals surface area contributed by atoms with Gasteiger partial charge in [0.15, 0.2) is 0 Å². The molecule has 1 amide bonds. The largest absolute Gasteiger partial charge is 0.322 e. The number of rotatable bonds is 2. The van der Waals surface area contributed by atoms with E-state index in [1.54, 1.807) is 36.4 Å². The lowest BCUT2D eigenvalue weighted by molar-refractivity contribution is 0.102. The van der Waals surface area contributed by atoms with E-state index in [2.05, 4.69) is 21.2 Å². The van der Waals surface area contributed by atoms with Crippen molar-refractivity contribution in [3.05, 3.63) is 61.5 Å². The van der Waals surface area contributed by atoms with Gasteiger partial charge >= 0.3 is 0 Å². The number of hydrogen-bond donors (Lipinski definition) is 1. The van der Waals surface area contributed by atoms with E-state index in [1.807, 2.05) is 0 Å². The van der Waals surface area contributed by atoms with E-state index in [4.69, 9.17) is 34.8 Å². The van der Waals surface area contributed by atoms with Gasteiger partial charge < -0.3 is 5.32 Å². The summed E-state index contributed by atoms with van der Waals surface area (Å²) in [5.41, 5.74) is 0.880. The van der Waals surface area contributed by atoms with Gasteiger partial charge in [-0.25, -0.2) is 0 Å². The maximum Gasteiger partial charge on any atom is 0.257 e. The SMILES string of the molecule is O=C(Nc1cc(Cl)cc(Cl)c1)c1cc(Br)ccc1Cl. The van der Waals surface area contributed by atoms with Crippen LogP contribution < -0.4 is 5.32 Å². The number of halogens is 4. The van der Waals surface area contributed by atoms with E-state index in [-0.39, 0.29) is 5.91 Å². The Bertz CT molecular complexity index is 626. The van der Waals surface area contributed by atoms with Crippen LogP contribution in [-0.2, 0) is 0 Å². The molecular weight excluding hydrogens is 372 g/mol. The lowest BCUT2D eigenvalue weighted by atomic mass is 10.2. The summed E-state index contributed by atoms with van der Waals surface area (Å²) in [5.74, 6) is -0.329. The molecule has 0 aliphatic carbocycles. The van der Waals surface area contributed by atoms with E-state index in [0.717, 1.165) is 4.47 Å². The molecule has 0 saturated heterocycles. The Morgan fingerprint density at radius 1 is 1.00 bits per heavy atom. The number of nitrogens with one attached hydrogen (secondary N) is 1. The van der Waals surface area contributed by atoms with Crippen LogP contribution in [0.1, 0.15) is 10.4 Å². The maximum absolute atomic E-state index is 12.1. The fourth-order valence-corrected chi connectivity index (χ4v) is 2.59. The van der Waals surface area contributed by atoms with Gasteiger partial charge in [0.05, 0.1) is 10.6 Å². The molecule has 0 spiro atoms. The van der Waals surface area contributed by atoms with Gasteiger partial charge in [-0.15, -0.1) is 0 Å². The molecule has 0 fully saturated rings. The molecule has 2 rings (SSSR count). The average Bonchev–Trinajstić information content (AvgIpc) is 2.30. The van der Waals surface area contributed by atoms with Crippen LogP contribution in [0.4, 0.5) is 5.69 Å². The number of carbonyl (C=O) groups excluding carboxylic acids is 1. The molecule has 0 heterocycles. The monoisotopic (exact) mass is 377 g/mol. The van der Waals surface area contributed by atoms with Crippen molar-refractivity contribution < 1.29 is 4.79 Å². The molecule has 98 valence electrons. The van der Waals surface area contributed by atoms with E-state index >= 15 is 0 Å². The molecule has 0 radical (unpaired) electrons. The maximum atomic E-state index is 12.1. The van der Waals surface area contributed by atoms with Crippen molar-refractivity contribution in [3.8, 4) is 0 Å². The minimum absolute atomic E-state index is 0.329. The van der Waals surface area contributed by atoms with Crippen LogP contribution in [0.3, 0.4) is 0 Å². The Kier molecular flexibility index (Phi) is 4.74. The van der Waals surface area contributed by atoms with Crippen molar-refractivity contribution in [2.75, 3.05) is 5.32 Å². The van der Waals surface area contributed by atoms with Gasteiger partial charge in [-0.1, -0.05) is 50.7 Å². The number of hydrogen-bond acceptors (Lipinski definition) is 1. The molecule has 6 heteroatoms. The zero-order valence-corrected chi connectivity index (χ0v) is 13.2. The summed E-state index contributed by atoms with van der Waals surface area (Å²) in [6.07, 6.45) is 0. The standard InChI is InChI=1S/C13H7BrCl3NO/c14-7-1-2-12(17)11(3-7)13(19)18-10-5-8(15)4-9(16)6-10/h1-6H,(H,18,19). The third-order valence-corrected chi connectivity index (χ3v) is 3.55. The van der Waals surface area contributed by atoms with Crippen LogP contribution in [0.25, 0.3) is 0 Å². The summed E-state index contributed by atoms with van der Waals surface area (Å²) >= 11 is 21.0. The lowest BCUT2D eigenvalue weighted by Crippen LogP contribution is -2.12. The first-order valence-corrected chi connectivity index (χ1v) is 7.11. The molecule has 0 saturated carbocycles. The zero-order valence-electron chi connectivity index (χ0n) is 9.38. The summed E-state index contributed by atoms with van der Waals surface area (Å²) in [4.78, 5) is 12.1. The minimum atomic E-state index is -0.329. The van der Waals surface area contributed by atoms with Gasteiger partial charge in [0.2, 0.25) is 0 Å². The van der Waals surface area contributed by atoms with E-state index < -0.39 is 0 Å². The molecule has 19 heavy (non-hydrogen) atoms. The van der Waals surface area contributed by atoms with Gasteiger partial charge in [0.25, 0.3) is 5.91 Å². The topological polar surface area (TPSA) is 29.1 Å². The van der Waals surface area contributed by atoms with Gasteiger partial charge in [-0.05, 0) is 36.4 Å². The van der Waals surface area contributed by atoms with Crippen molar-refractivity contribution in [1.29, 1.82) is 0 Å². The Morgan fingerprint density at radius 3 is 2.26 bits per heavy atom. The first kappa shape index (κ1) is 14.7. The van der Waals surface area contributed by atoms with Crippen LogP contribution in [0.5, 0.6) is 0 Å². The predicted molar refractivity (Wildman–Crippen MR) is 83.6 cm³/mol. The van der Waals surface area contributed by atoms with Gasteiger partial charge in [0, 0.05) is 20.2 Å². The van der Waals surface area contributed by atoms with Crippen LogP contribution in [0.2, 0.25) is 15.1 Å². The number of anilines is 1.